The Morgan fingerprint density at radius 1 is 0.765 bits per heavy atom. The van der Waals surface area contributed by atoms with Crippen LogP contribution in [0.1, 0.15) is 90.4 Å². The van der Waals surface area contributed by atoms with Crippen LogP contribution in [-0.4, -0.2) is 31.3 Å². The minimum Gasteiger partial charge on any atom is -0.480 e. The van der Waals surface area contributed by atoms with Gasteiger partial charge in [0.2, 0.25) is 10.0 Å². The van der Waals surface area contributed by atoms with Crippen molar-refractivity contribution in [1.29, 1.82) is 0 Å². The van der Waals surface area contributed by atoms with Crippen LogP contribution in [0.4, 0.5) is 0 Å². The molecule has 0 fully saturated rings. The summed E-state index contributed by atoms with van der Waals surface area (Å²) in [5.41, 5.74) is 0. The van der Waals surface area contributed by atoms with E-state index in [2.05, 4.69) is 25.6 Å². The lowest BCUT2D eigenvalue weighted by Crippen LogP contribution is -2.41. The number of carboxylic acid groups (broad SMARTS) is 1. The number of carboxylic acids is 1. The lowest BCUT2D eigenvalue weighted by atomic mass is 10.0. The molecule has 0 amide bonds. The molecule has 2 N–H and O–H groups in total. The molecule has 194 valence electrons. The van der Waals surface area contributed by atoms with Crippen LogP contribution in [-0.2, 0) is 14.8 Å². The van der Waals surface area contributed by atoms with Crippen molar-refractivity contribution >= 4 is 28.6 Å². The Kier molecular flexibility index (Phi) is 22.1. The Morgan fingerprint density at radius 3 is 1.68 bits per heavy atom. The molecular formula is C27H45NO4S2. The first kappa shape index (κ1) is 32.4. The Morgan fingerprint density at radius 2 is 1.21 bits per heavy atom. The molecule has 0 rings (SSSR count). The van der Waals surface area contributed by atoms with E-state index in [-0.39, 0.29) is 5.75 Å². The first-order valence-electron chi connectivity index (χ1n) is 12.6. The third kappa shape index (κ3) is 22.2. The van der Waals surface area contributed by atoms with Crippen molar-refractivity contribution in [3.63, 3.8) is 0 Å². The average molecular weight is 512 g/mol. The predicted octanol–water partition coefficient (Wildman–Crippen LogP) is 7.12. The molecule has 5 nitrogen and oxygen atoms in total. The number of allylic oxidation sites excluding steroid dienone is 9. The van der Waals surface area contributed by atoms with Gasteiger partial charge in [-0.25, -0.2) is 8.42 Å². The summed E-state index contributed by atoms with van der Waals surface area (Å²) in [6.07, 6.45) is 33.9. The van der Waals surface area contributed by atoms with Crippen LogP contribution in [0.2, 0.25) is 0 Å². The molecule has 0 aromatic heterocycles. The largest absolute Gasteiger partial charge is 0.480 e. The van der Waals surface area contributed by atoms with E-state index >= 15 is 0 Å². The molecule has 0 aromatic carbocycles. The zero-order valence-corrected chi connectivity index (χ0v) is 22.5. The number of thiol groups is 1. The first-order valence-corrected chi connectivity index (χ1v) is 14.8. The molecule has 0 heterocycles. The van der Waals surface area contributed by atoms with Gasteiger partial charge in [0.15, 0.2) is 0 Å². The summed E-state index contributed by atoms with van der Waals surface area (Å²) in [5, 5.41) is 9.78. The second-order valence-electron chi connectivity index (χ2n) is 8.33. The maximum Gasteiger partial charge on any atom is 0.322 e. The van der Waals surface area contributed by atoms with Crippen LogP contribution in [0.5, 0.6) is 0 Å². The third-order valence-electron chi connectivity index (χ3n) is 5.18. The molecule has 7 heteroatoms. The minimum absolute atomic E-state index is 0.124. The fourth-order valence-electron chi connectivity index (χ4n) is 3.22. The fourth-order valence-corrected chi connectivity index (χ4v) is 4.54. The Balaban J connectivity index is 3.76. The summed E-state index contributed by atoms with van der Waals surface area (Å²) in [4.78, 5) is 10.8. The van der Waals surface area contributed by atoms with Gasteiger partial charge in [-0.1, -0.05) is 126 Å². The Bertz CT molecular complexity index is 753. The molecule has 0 aliphatic heterocycles. The highest BCUT2D eigenvalue weighted by atomic mass is 32.2. The molecule has 0 saturated carbocycles. The molecule has 0 bridgehead atoms. The van der Waals surface area contributed by atoms with Gasteiger partial charge in [-0.15, -0.1) is 0 Å². The number of carbonyl (C=O) groups is 1. The van der Waals surface area contributed by atoms with E-state index in [1.54, 1.807) is 18.2 Å². The Labute approximate surface area is 213 Å². The minimum atomic E-state index is -3.82. The predicted molar refractivity (Wildman–Crippen MR) is 149 cm³/mol. The van der Waals surface area contributed by atoms with Gasteiger partial charge in [-0.2, -0.15) is 17.4 Å². The first-order chi connectivity index (χ1) is 16.4. The van der Waals surface area contributed by atoms with E-state index in [0.29, 0.717) is 0 Å². The van der Waals surface area contributed by atoms with Gasteiger partial charge in [0.1, 0.15) is 6.04 Å². The number of aliphatic carboxylic acids is 1. The van der Waals surface area contributed by atoms with Crippen molar-refractivity contribution in [2.24, 2.45) is 0 Å². The van der Waals surface area contributed by atoms with Gasteiger partial charge in [-0.3, -0.25) is 4.79 Å². The SMILES string of the molecule is CCCCCCCCCCCCCCC=CC=CC=CC=CC=CS(=O)(=O)N[C@@H](CS)C(=O)O. The quantitative estimate of drug-likeness (QED) is 0.0821. The monoisotopic (exact) mass is 511 g/mol. The number of unbranched alkanes of at least 4 members (excludes halogenated alkanes) is 12. The molecule has 1 atom stereocenters. The van der Waals surface area contributed by atoms with Gasteiger partial charge in [0.25, 0.3) is 0 Å². The Hall–Kier alpha value is -1.57. The van der Waals surface area contributed by atoms with Crippen LogP contribution in [0.25, 0.3) is 0 Å². The van der Waals surface area contributed by atoms with Crippen LogP contribution in [0.3, 0.4) is 0 Å². The van der Waals surface area contributed by atoms with Gasteiger partial charge in [0, 0.05) is 11.2 Å². The molecule has 0 aliphatic carbocycles. The normalized spacial score (nSPS) is 13.9. The molecule has 0 spiro atoms. The maximum absolute atomic E-state index is 11.7. The second-order valence-corrected chi connectivity index (χ2v) is 10.3. The van der Waals surface area contributed by atoms with Crippen molar-refractivity contribution < 1.29 is 18.3 Å². The summed E-state index contributed by atoms with van der Waals surface area (Å²) in [6, 6.07) is -1.25. The average Bonchev–Trinajstić information content (AvgIpc) is 2.80. The lowest BCUT2D eigenvalue weighted by Gasteiger charge is -2.09. The third-order valence-corrected chi connectivity index (χ3v) is 6.68. The van der Waals surface area contributed by atoms with E-state index in [9.17, 15) is 13.2 Å². The summed E-state index contributed by atoms with van der Waals surface area (Å²) >= 11 is 3.82. The van der Waals surface area contributed by atoms with Crippen LogP contribution in [0, 0.1) is 0 Å². The van der Waals surface area contributed by atoms with E-state index in [0.717, 1.165) is 11.8 Å². The van der Waals surface area contributed by atoms with E-state index in [1.165, 1.54) is 83.1 Å². The number of hydrogen-bond acceptors (Lipinski definition) is 4. The molecule has 0 saturated heterocycles. The van der Waals surface area contributed by atoms with Crippen LogP contribution < -0.4 is 4.72 Å². The highest BCUT2D eigenvalue weighted by Crippen LogP contribution is 2.12. The van der Waals surface area contributed by atoms with Crippen LogP contribution >= 0.6 is 12.6 Å². The summed E-state index contributed by atoms with van der Waals surface area (Å²) in [7, 11) is -3.82. The molecular weight excluding hydrogens is 466 g/mol. The molecule has 0 aromatic rings. The van der Waals surface area contributed by atoms with Crippen LogP contribution in [0.15, 0.2) is 60.1 Å². The highest BCUT2D eigenvalue weighted by molar-refractivity contribution is 7.92. The molecule has 34 heavy (non-hydrogen) atoms. The smallest absolute Gasteiger partial charge is 0.322 e. The summed E-state index contributed by atoms with van der Waals surface area (Å²) in [5.74, 6) is -1.39. The van der Waals surface area contributed by atoms with Gasteiger partial charge >= 0.3 is 5.97 Å². The number of hydrogen-bond donors (Lipinski definition) is 3. The van der Waals surface area contributed by atoms with Gasteiger partial charge in [0.05, 0.1) is 0 Å². The number of rotatable bonds is 22. The molecule has 0 aliphatic rings. The zero-order chi connectivity index (χ0) is 25.3. The van der Waals surface area contributed by atoms with Crippen molar-refractivity contribution in [3.05, 3.63) is 60.1 Å². The second kappa shape index (κ2) is 23.2. The van der Waals surface area contributed by atoms with Gasteiger partial charge in [-0.05, 0) is 18.9 Å². The zero-order valence-electron chi connectivity index (χ0n) is 20.8. The van der Waals surface area contributed by atoms with Crippen molar-refractivity contribution in [2.45, 2.75) is 96.4 Å². The number of sulfonamides is 1. The van der Waals surface area contributed by atoms with E-state index in [1.807, 2.05) is 29.0 Å². The fraction of sp³-hybridized carbons (Fsp3) is 0.593. The van der Waals surface area contributed by atoms with Crippen molar-refractivity contribution in [3.8, 4) is 0 Å². The van der Waals surface area contributed by atoms with Gasteiger partial charge < -0.3 is 5.11 Å². The topological polar surface area (TPSA) is 83.5 Å². The lowest BCUT2D eigenvalue weighted by molar-refractivity contribution is -0.138. The molecule has 0 radical (unpaired) electrons. The van der Waals surface area contributed by atoms with E-state index < -0.39 is 22.0 Å². The molecule has 0 unspecified atom stereocenters. The highest BCUT2D eigenvalue weighted by Gasteiger charge is 2.20. The van der Waals surface area contributed by atoms with Crippen molar-refractivity contribution in [2.75, 3.05) is 5.75 Å². The van der Waals surface area contributed by atoms with Crippen molar-refractivity contribution in [1.82, 2.24) is 4.72 Å². The summed E-state index contributed by atoms with van der Waals surface area (Å²) < 4.78 is 25.5. The summed E-state index contributed by atoms with van der Waals surface area (Å²) in [6.45, 7) is 2.26. The number of nitrogens with one attached hydrogen (secondary N) is 1. The maximum atomic E-state index is 11.7. The standard InChI is InChI=1S/C27H45NO4S2/c1-2-3-4-5-6-7-8-9-10-11-12-13-14-15-16-17-18-19-20-21-22-23-24-34(31,32)28-26(25-33)27(29)30/h15-24,26,28,33H,2-14,25H2,1H3,(H,29,30)/t26-/m0/s1. The van der Waals surface area contributed by atoms with E-state index in [4.69, 9.17) is 5.11 Å².